The first-order valence-corrected chi connectivity index (χ1v) is 6.70. The fourth-order valence-corrected chi connectivity index (χ4v) is 2.02. The summed E-state index contributed by atoms with van der Waals surface area (Å²) in [6.45, 7) is 1.68. The molecule has 26 heavy (non-hydrogen) atoms. The lowest BCUT2D eigenvalue weighted by atomic mass is 9.86. The summed E-state index contributed by atoms with van der Waals surface area (Å²) < 4.78 is 167. The molecule has 0 aromatic rings. The van der Waals surface area contributed by atoms with E-state index in [-0.39, 0.29) is 6.42 Å². The molecular weight excluding hydrogens is 407 g/mol. The van der Waals surface area contributed by atoms with Crippen molar-refractivity contribution in [2.24, 2.45) is 0 Å². The fourth-order valence-electron chi connectivity index (χ4n) is 2.02. The highest BCUT2D eigenvalue weighted by atomic mass is 19.4. The third kappa shape index (κ3) is 3.84. The summed E-state index contributed by atoms with van der Waals surface area (Å²) in [6.07, 6.45) is -10.9. The van der Waals surface area contributed by atoms with Gasteiger partial charge in [-0.25, -0.2) is 0 Å². The average molecular weight is 420 g/mol. The highest BCUT2D eigenvalue weighted by molar-refractivity contribution is 5.10. The Morgan fingerprint density at radius 3 is 1.27 bits per heavy atom. The number of hydrogen-bond donors (Lipinski definition) is 1. The molecule has 158 valence electrons. The summed E-state index contributed by atoms with van der Waals surface area (Å²) in [6, 6.07) is 0. The van der Waals surface area contributed by atoms with Crippen molar-refractivity contribution in [1.82, 2.24) is 0 Å². The minimum absolute atomic E-state index is 0.159. The Kier molecular flexibility index (Phi) is 6.34. The van der Waals surface area contributed by atoms with Crippen LogP contribution in [0.2, 0.25) is 0 Å². The van der Waals surface area contributed by atoms with E-state index in [1.165, 1.54) is 6.92 Å². The first kappa shape index (κ1) is 25.1. The highest BCUT2D eigenvalue weighted by Crippen LogP contribution is 2.61. The van der Waals surface area contributed by atoms with Gasteiger partial charge in [0.25, 0.3) is 0 Å². The van der Waals surface area contributed by atoms with E-state index in [1.807, 2.05) is 0 Å². The van der Waals surface area contributed by atoms with Crippen LogP contribution in [0.15, 0.2) is 0 Å². The molecule has 0 saturated heterocycles. The Bertz CT molecular complexity index is 492. The zero-order valence-corrected chi connectivity index (χ0v) is 13.0. The van der Waals surface area contributed by atoms with Gasteiger partial charge in [0.05, 0.1) is 5.60 Å². The van der Waals surface area contributed by atoms with Crippen molar-refractivity contribution in [2.75, 3.05) is 0 Å². The van der Waals surface area contributed by atoms with Gasteiger partial charge >= 0.3 is 35.8 Å². The minimum atomic E-state index is -7.91. The van der Waals surface area contributed by atoms with Crippen molar-refractivity contribution < 1.29 is 62.2 Å². The molecule has 1 unspecified atom stereocenters. The van der Waals surface area contributed by atoms with E-state index in [9.17, 15) is 62.2 Å². The molecule has 0 fully saturated rings. The molecule has 0 aliphatic carbocycles. The van der Waals surface area contributed by atoms with Crippen LogP contribution in [0.4, 0.5) is 57.1 Å². The number of rotatable bonds is 8. The average Bonchev–Trinajstić information content (AvgIpc) is 2.34. The smallest absolute Gasteiger partial charge is 0.390 e. The minimum Gasteiger partial charge on any atom is -0.390 e. The van der Waals surface area contributed by atoms with E-state index in [4.69, 9.17) is 0 Å². The normalized spacial score (nSPS) is 18.0. The summed E-state index contributed by atoms with van der Waals surface area (Å²) in [4.78, 5) is 0. The standard InChI is InChI=1S/C12H13F13O/c1-3-4-6(2,26)5-7(13,14)8(15,16)9(17,18)10(19,20)11(21,22)12(23,24)25/h26H,3-5H2,1-2H3. The lowest BCUT2D eigenvalue weighted by Crippen LogP contribution is -2.70. The predicted octanol–water partition coefficient (Wildman–Crippen LogP) is 5.67. The molecule has 0 saturated carbocycles. The molecule has 0 rings (SSSR count). The molecule has 0 aliphatic heterocycles. The molecule has 0 bridgehead atoms. The van der Waals surface area contributed by atoms with Crippen molar-refractivity contribution in [3.05, 3.63) is 0 Å². The number of halogens is 13. The quantitative estimate of drug-likeness (QED) is 0.502. The van der Waals surface area contributed by atoms with Crippen molar-refractivity contribution >= 4 is 0 Å². The highest BCUT2D eigenvalue weighted by Gasteiger charge is 2.90. The summed E-state index contributed by atoms with van der Waals surface area (Å²) in [5.41, 5.74) is -2.82. The zero-order chi connectivity index (χ0) is 21.6. The molecule has 0 aliphatic rings. The van der Waals surface area contributed by atoms with Gasteiger partial charge in [-0.15, -0.1) is 0 Å². The van der Waals surface area contributed by atoms with Crippen LogP contribution in [-0.4, -0.2) is 46.5 Å². The van der Waals surface area contributed by atoms with Gasteiger partial charge in [0.2, 0.25) is 0 Å². The third-order valence-corrected chi connectivity index (χ3v) is 3.39. The van der Waals surface area contributed by atoms with Crippen LogP contribution >= 0.6 is 0 Å². The molecule has 0 heterocycles. The lowest BCUT2D eigenvalue weighted by Gasteiger charge is -2.41. The van der Waals surface area contributed by atoms with Crippen molar-refractivity contribution in [3.63, 3.8) is 0 Å². The van der Waals surface area contributed by atoms with Gasteiger partial charge in [0.15, 0.2) is 0 Å². The lowest BCUT2D eigenvalue weighted by molar-refractivity contribution is -0.441. The van der Waals surface area contributed by atoms with Gasteiger partial charge < -0.3 is 5.11 Å². The molecule has 14 heteroatoms. The zero-order valence-electron chi connectivity index (χ0n) is 13.0. The summed E-state index contributed by atoms with van der Waals surface area (Å²) >= 11 is 0. The number of alkyl halides is 13. The van der Waals surface area contributed by atoms with Gasteiger partial charge in [-0.3, -0.25) is 0 Å². The number of aliphatic hydroxyl groups is 1. The summed E-state index contributed by atoms with van der Waals surface area (Å²) in [7, 11) is 0. The molecule has 0 aromatic heterocycles. The van der Waals surface area contributed by atoms with Gasteiger partial charge in [-0.2, -0.15) is 57.1 Å². The summed E-state index contributed by atoms with van der Waals surface area (Å²) in [5.74, 6) is -37.1. The monoisotopic (exact) mass is 420 g/mol. The van der Waals surface area contributed by atoms with E-state index in [2.05, 4.69) is 0 Å². The molecule has 0 amide bonds. The van der Waals surface area contributed by atoms with Gasteiger partial charge in [0.1, 0.15) is 0 Å². The fraction of sp³-hybridized carbons (Fsp3) is 1.00. The molecule has 0 radical (unpaired) electrons. The van der Waals surface area contributed by atoms with Crippen LogP contribution in [0.1, 0.15) is 33.1 Å². The van der Waals surface area contributed by atoms with Gasteiger partial charge in [-0.05, 0) is 13.3 Å². The van der Waals surface area contributed by atoms with Gasteiger partial charge in [-0.1, -0.05) is 13.3 Å². The topological polar surface area (TPSA) is 20.2 Å². The van der Waals surface area contributed by atoms with Crippen molar-refractivity contribution in [3.8, 4) is 0 Å². The van der Waals surface area contributed by atoms with Crippen molar-refractivity contribution in [2.45, 2.75) is 74.5 Å². The van der Waals surface area contributed by atoms with E-state index in [0.717, 1.165) is 0 Å². The largest absolute Gasteiger partial charge is 0.460 e. The Morgan fingerprint density at radius 1 is 0.615 bits per heavy atom. The Balaban J connectivity index is 6.16. The van der Waals surface area contributed by atoms with E-state index in [0.29, 0.717) is 6.92 Å². The van der Waals surface area contributed by atoms with Gasteiger partial charge in [0, 0.05) is 6.42 Å². The third-order valence-electron chi connectivity index (χ3n) is 3.39. The van der Waals surface area contributed by atoms with Crippen molar-refractivity contribution in [1.29, 1.82) is 0 Å². The maximum atomic E-state index is 13.5. The molecule has 0 aromatic carbocycles. The van der Waals surface area contributed by atoms with Crippen LogP contribution in [0, 0.1) is 0 Å². The second-order valence-electron chi connectivity index (χ2n) is 5.92. The van der Waals surface area contributed by atoms with Crippen LogP contribution < -0.4 is 0 Å². The molecular formula is C12H13F13O. The molecule has 1 nitrogen and oxygen atoms in total. The maximum absolute atomic E-state index is 13.5. The first-order valence-electron chi connectivity index (χ1n) is 6.70. The van der Waals surface area contributed by atoms with E-state index in [1.54, 1.807) is 0 Å². The number of hydrogen-bond acceptors (Lipinski definition) is 1. The second-order valence-corrected chi connectivity index (χ2v) is 5.92. The van der Waals surface area contributed by atoms with E-state index >= 15 is 0 Å². The SMILES string of the molecule is CCCC(C)(O)CC(F)(F)C(F)(F)C(F)(F)C(F)(F)C(F)(F)C(F)(F)F. The molecule has 0 spiro atoms. The Morgan fingerprint density at radius 2 is 0.962 bits per heavy atom. The Hall–Kier alpha value is -0.950. The first-order chi connectivity index (χ1) is 11.0. The van der Waals surface area contributed by atoms with Crippen LogP contribution in [-0.2, 0) is 0 Å². The van der Waals surface area contributed by atoms with Crippen LogP contribution in [0.5, 0.6) is 0 Å². The van der Waals surface area contributed by atoms with Crippen LogP contribution in [0.3, 0.4) is 0 Å². The molecule has 1 atom stereocenters. The maximum Gasteiger partial charge on any atom is 0.460 e. The molecule has 1 N–H and O–H groups in total. The van der Waals surface area contributed by atoms with E-state index < -0.39 is 54.2 Å². The predicted molar refractivity (Wildman–Crippen MR) is 60.9 cm³/mol. The Labute approximate surface area is 138 Å². The summed E-state index contributed by atoms with van der Waals surface area (Å²) in [5, 5.41) is 9.40. The van der Waals surface area contributed by atoms with Crippen LogP contribution in [0.25, 0.3) is 0 Å². The second kappa shape index (κ2) is 6.59.